The highest BCUT2D eigenvalue weighted by Crippen LogP contribution is 2.25. The molecule has 1 aromatic heterocycles. The van der Waals surface area contributed by atoms with E-state index in [1.165, 1.54) is 0 Å². The molecule has 2 atom stereocenters. The largest absolute Gasteiger partial charge is 0.481 e. The molecule has 0 fully saturated rings. The van der Waals surface area contributed by atoms with Gasteiger partial charge in [-0.05, 0) is 18.6 Å². The monoisotopic (exact) mass is 279 g/mol. The van der Waals surface area contributed by atoms with Crippen LogP contribution in [0.1, 0.15) is 12.0 Å². The standard InChI is InChI=1S/C16H13N3O2/c17-9-12-7-10-3-1-2-4-14(10)19-15(12)18-13-6-5-11(8-13)16(20)21/h1-7,11,13H,8H2,(H,18,19)(H,20,21). The van der Waals surface area contributed by atoms with E-state index in [1.54, 1.807) is 12.1 Å². The molecule has 1 heterocycles. The average Bonchev–Trinajstić information content (AvgIpc) is 2.95. The van der Waals surface area contributed by atoms with Gasteiger partial charge in [0, 0.05) is 11.4 Å². The van der Waals surface area contributed by atoms with E-state index in [0.29, 0.717) is 17.8 Å². The van der Waals surface area contributed by atoms with Gasteiger partial charge in [0.2, 0.25) is 0 Å². The Kier molecular flexibility index (Phi) is 3.28. The predicted molar refractivity (Wildman–Crippen MR) is 78.8 cm³/mol. The molecule has 2 unspecified atom stereocenters. The number of hydrogen-bond donors (Lipinski definition) is 2. The van der Waals surface area contributed by atoms with Gasteiger partial charge in [-0.2, -0.15) is 5.26 Å². The van der Waals surface area contributed by atoms with E-state index in [-0.39, 0.29) is 6.04 Å². The normalized spacial score (nSPS) is 20.3. The van der Waals surface area contributed by atoms with E-state index in [2.05, 4.69) is 16.4 Å². The smallest absolute Gasteiger partial charge is 0.310 e. The number of carboxylic acid groups (broad SMARTS) is 1. The minimum Gasteiger partial charge on any atom is -0.481 e. The fraction of sp³-hybridized carbons (Fsp3) is 0.188. The summed E-state index contributed by atoms with van der Waals surface area (Å²) in [6.07, 6.45) is 3.96. The minimum absolute atomic E-state index is 0.119. The van der Waals surface area contributed by atoms with Crippen LogP contribution in [0, 0.1) is 17.2 Å². The molecule has 0 saturated heterocycles. The van der Waals surface area contributed by atoms with Crippen molar-refractivity contribution in [1.29, 1.82) is 5.26 Å². The number of hydrogen-bond acceptors (Lipinski definition) is 4. The van der Waals surface area contributed by atoms with Crippen LogP contribution in [0.3, 0.4) is 0 Å². The zero-order chi connectivity index (χ0) is 14.8. The van der Waals surface area contributed by atoms with E-state index >= 15 is 0 Å². The van der Waals surface area contributed by atoms with Crippen molar-refractivity contribution in [3.05, 3.63) is 48.0 Å². The van der Waals surface area contributed by atoms with Gasteiger partial charge >= 0.3 is 5.97 Å². The summed E-state index contributed by atoms with van der Waals surface area (Å²) in [6.45, 7) is 0. The molecule has 5 nitrogen and oxygen atoms in total. The van der Waals surface area contributed by atoms with Crippen molar-refractivity contribution in [3.8, 4) is 6.07 Å². The summed E-state index contributed by atoms with van der Waals surface area (Å²) in [5, 5.41) is 22.3. The van der Waals surface area contributed by atoms with Crippen LogP contribution in [-0.2, 0) is 4.79 Å². The number of nitriles is 1. The Morgan fingerprint density at radius 2 is 2.19 bits per heavy atom. The number of fused-ring (bicyclic) bond motifs is 1. The summed E-state index contributed by atoms with van der Waals surface area (Å²) in [6, 6.07) is 11.4. The highest BCUT2D eigenvalue weighted by atomic mass is 16.4. The van der Waals surface area contributed by atoms with Crippen LogP contribution in [-0.4, -0.2) is 22.1 Å². The molecule has 2 aromatic rings. The third-order valence-electron chi connectivity index (χ3n) is 3.57. The molecule has 1 aliphatic carbocycles. The Morgan fingerprint density at radius 3 is 2.90 bits per heavy atom. The number of benzene rings is 1. The number of nitrogens with one attached hydrogen (secondary N) is 1. The lowest BCUT2D eigenvalue weighted by atomic mass is 10.1. The van der Waals surface area contributed by atoms with Crippen molar-refractivity contribution in [2.45, 2.75) is 12.5 Å². The molecule has 0 amide bonds. The molecular formula is C16H13N3O2. The highest BCUT2D eigenvalue weighted by Gasteiger charge is 2.25. The third-order valence-corrected chi connectivity index (χ3v) is 3.57. The second-order valence-corrected chi connectivity index (χ2v) is 5.01. The van der Waals surface area contributed by atoms with Gasteiger partial charge in [0.1, 0.15) is 11.9 Å². The molecule has 0 bridgehead atoms. The summed E-state index contributed by atoms with van der Waals surface area (Å²) in [7, 11) is 0. The number of para-hydroxylation sites is 1. The van der Waals surface area contributed by atoms with Crippen molar-refractivity contribution in [2.75, 3.05) is 5.32 Å². The number of carbonyl (C=O) groups is 1. The van der Waals surface area contributed by atoms with E-state index in [9.17, 15) is 10.1 Å². The van der Waals surface area contributed by atoms with Gasteiger partial charge in [0.25, 0.3) is 0 Å². The topological polar surface area (TPSA) is 86.0 Å². The Balaban J connectivity index is 1.89. The maximum Gasteiger partial charge on any atom is 0.310 e. The van der Waals surface area contributed by atoms with E-state index < -0.39 is 11.9 Å². The molecule has 0 spiro atoms. The van der Waals surface area contributed by atoms with Gasteiger partial charge in [-0.15, -0.1) is 0 Å². The predicted octanol–water partition coefficient (Wildman–Crippen LogP) is 2.55. The molecule has 1 aromatic carbocycles. The number of aliphatic carboxylic acids is 1. The molecule has 1 aliphatic rings. The summed E-state index contributed by atoms with van der Waals surface area (Å²) >= 11 is 0. The first kappa shape index (κ1) is 13.1. The SMILES string of the molecule is N#Cc1cc2ccccc2nc1NC1C=CC(C(=O)O)C1. The summed E-state index contributed by atoms with van der Waals surface area (Å²) in [5.41, 5.74) is 1.26. The number of anilines is 1. The first-order chi connectivity index (χ1) is 10.2. The molecule has 5 heteroatoms. The fourth-order valence-electron chi connectivity index (χ4n) is 2.48. The number of nitrogens with zero attached hydrogens (tertiary/aromatic N) is 2. The lowest BCUT2D eigenvalue weighted by Crippen LogP contribution is -2.20. The van der Waals surface area contributed by atoms with Crippen molar-refractivity contribution < 1.29 is 9.90 Å². The van der Waals surface area contributed by atoms with Crippen LogP contribution in [0.5, 0.6) is 0 Å². The number of carboxylic acids is 1. The molecule has 0 aliphatic heterocycles. The molecule has 3 rings (SSSR count). The first-order valence-corrected chi connectivity index (χ1v) is 6.65. The fourth-order valence-corrected chi connectivity index (χ4v) is 2.48. The summed E-state index contributed by atoms with van der Waals surface area (Å²) in [5.74, 6) is -0.812. The Hall–Kier alpha value is -2.87. The van der Waals surface area contributed by atoms with Crippen molar-refractivity contribution in [3.63, 3.8) is 0 Å². The van der Waals surface area contributed by atoms with Gasteiger partial charge in [0.15, 0.2) is 0 Å². The van der Waals surface area contributed by atoms with E-state index in [1.807, 2.05) is 30.3 Å². The molecule has 2 N–H and O–H groups in total. The lowest BCUT2D eigenvalue weighted by molar-refractivity contribution is -0.140. The maximum atomic E-state index is 11.0. The van der Waals surface area contributed by atoms with Gasteiger partial charge in [0.05, 0.1) is 17.0 Å². The average molecular weight is 279 g/mol. The molecule has 104 valence electrons. The number of rotatable bonds is 3. The summed E-state index contributed by atoms with van der Waals surface area (Å²) < 4.78 is 0. The molecule has 0 saturated carbocycles. The zero-order valence-corrected chi connectivity index (χ0v) is 11.2. The second-order valence-electron chi connectivity index (χ2n) is 5.01. The number of aromatic nitrogens is 1. The van der Waals surface area contributed by atoms with Gasteiger partial charge < -0.3 is 10.4 Å². The summed E-state index contributed by atoms with van der Waals surface area (Å²) in [4.78, 5) is 15.4. The van der Waals surface area contributed by atoms with Crippen LogP contribution in [0.4, 0.5) is 5.82 Å². The van der Waals surface area contributed by atoms with Crippen LogP contribution in [0.2, 0.25) is 0 Å². The van der Waals surface area contributed by atoms with E-state index in [4.69, 9.17) is 5.11 Å². The zero-order valence-electron chi connectivity index (χ0n) is 11.2. The van der Waals surface area contributed by atoms with Gasteiger partial charge in [-0.25, -0.2) is 4.98 Å². The number of pyridine rings is 1. The Morgan fingerprint density at radius 1 is 1.38 bits per heavy atom. The van der Waals surface area contributed by atoms with Crippen molar-refractivity contribution >= 4 is 22.7 Å². The second kappa shape index (κ2) is 5.25. The van der Waals surface area contributed by atoms with Gasteiger partial charge in [-0.1, -0.05) is 30.4 Å². The molecular weight excluding hydrogens is 266 g/mol. The minimum atomic E-state index is -0.831. The molecule has 21 heavy (non-hydrogen) atoms. The Bertz CT molecular complexity index is 777. The van der Waals surface area contributed by atoms with Crippen molar-refractivity contribution in [1.82, 2.24) is 4.98 Å². The van der Waals surface area contributed by atoms with Crippen LogP contribution in [0.25, 0.3) is 10.9 Å². The first-order valence-electron chi connectivity index (χ1n) is 6.65. The maximum absolute atomic E-state index is 11.0. The van der Waals surface area contributed by atoms with Gasteiger partial charge in [-0.3, -0.25) is 4.79 Å². The highest BCUT2D eigenvalue weighted by molar-refractivity contribution is 5.83. The van der Waals surface area contributed by atoms with Crippen LogP contribution < -0.4 is 5.32 Å². The van der Waals surface area contributed by atoms with E-state index in [0.717, 1.165) is 10.9 Å². The van der Waals surface area contributed by atoms with Crippen molar-refractivity contribution in [2.24, 2.45) is 5.92 Å². The molecule has 0 radical (unpaired) electrons. The lowest BCUT2D eigenvalue weighted by Gasteiger charge is -2.14. The Labute approximate surface area is 121 Å². The van der Waals surface area contributed by atoms with Crippen LogP contribution in [0.15, 0.2) is 42.5 Å². The third kappa shape index (κ3) is 2.56. The van der Waals surface area contributed by atoms with Crippen LogP contribution >= 0.6 is 0 Å². The quantitative estimate of drug-likeness (QED) is 0.843.